The molecule has 4 heteroatoms. The Kier molecular flexibility index (Phi) is 2.24. The number of fused-ring (bicyclic) bond motifs is 1. The van der Waals surface area contributed by atoms with E-state index in [1.54, 1.807) is 0 Å². The third-order valence-electron chi connectivity index (χ3n) is 3.24. The molecule has 90 valence electrons. The zero-order valence-electron chi connectivity index (χ0n) is 10.2. The van der Waals surface area contributed by atoms with Crippen LogP contribution in [0.15, 0.2) is 24.5 Å². The fraction of sp³-hybridized carbons (Fsp3) is 0.462. The molecule has 1 saturated heterocycles. The van der Waals surface area contributed by atoms with E-state index in [-0.39, 0.29) is 0 Å². The average molecular weight is 231 g/mol. The van der Waals surface area contributed by atoms with Gasteiger partial charge in [0.25, 0.3) is 0 Å². The van der Waals surface area contributed by atoms with Gasteiger partial charge in [-0.2, -0.15) is 0 Å². The van der Waals surface area contributed by atoms with Crippen LogP contribution in [0.1, 0.15) is 18.2 Å². The summed E-state index contributed by atoms with van der Waals surface area (Å²) < 4.78 is 2.06. The second-order valence-corrected chi connectivity index (χ2v) is 5.30. The van der Waals surface area contributed by atoms with E-state index >= 15 is 0 Å². The van der Waals surface area contributed by atoms with Crippen molar-refractivity contribution in [2.45, 2.75) is 26.0 Å². The standard InChI is InChI=1S/C13H17N3O/c1-10-4-3-5-16-7-11(14-12(10)16)6-15-8-13(2,17)9-15/h3-5,7,17H,6,8-9H2,1-2H3. The van der Waals surface area contributed by atoms with Gasteiger partial charge in [0.2, 0.25) is 0 Å². The van der Waals surface area contributed by atoms with Crippen molar-refractivity contribution >= 4 is 5.65 Å². The molecule has 2 aromatic rings. The highest BCUT2D eigenvalue weighted by Gasteiger charge is 2.36. The van der Waals surface area contributed by atoms with Gasteiger partial charge in [-0.3, -0.25) is 4.90 Å². The van der Waals surface area contributed by atoms with Gasteiger partial charge in [0.15, 0.2) is 0 Å². The highest BCUT2D eigenvalue weighted by atomic mass is 16.3. The summed E-state index contributed by atoms with van der Waals surface area (Å²) in [7, 11) is 0. The number of hydrogen-bond acceptors (Lipinski definition) is 3. The first kappa shape index (κ1) is 10.7. The minimum atomic E-state index is -0.505. The molecule has 0 atom stereocenters. The highest BCUT2D eigenvalue weighted by molar-refractivity contribution is 5.47. The fourth-order valence-corrected chi connectivity index (χ4v) is 2.54. The molecule has 0 aliphatic carbocycles. The SMILES string of the molecule is Cc1cccn2cc(CN3CC(C)(O)C3)nc12. The van der Waals surface area contributed by atoms with Crippen LogP contribution in [0.2, 0.25) is 0 Å². The van der Waals surface area contributed by atoms with E-state index in [4.69, 9.17) is 0 Å². The monoisotopic (exact) mass is 231 g/mol. The Balaban J connectivity index is 1.80. The van der Waals surface area contributed by atoms with Crippen LogP contribution < -0.4 is 0 Å². The Morgan fingerprint density at radius 1 is 1.47 bits per heavy atom. The second kappa shape index (κ2) is 3.55. The molecule has 4 nitrogen and oxygen atoms in total. The van der Waals surface area contributed by atoms with E-state index < -0.39 is 5.60 Å². The summed E-state index contributed by atoms with van der Waals surface area (Å²) in [6, 6.07) is 4.10. The predicted molar refractivity (Wildman–Crippen MR) is 65.8 cm³/mol. The first-order chi connectivity index (χ1) is 8.03. The Labute approximate surface area is 101 Å². The van der Waals surface area contributed by atoms with Gasteiger partial charge in [-0.05, 0) is 25.5 Å². The number of rotatable bonds is 2. The summed E-state index contributed by atoms with van der Waals surface area (Å²) in [5.74, 6) is 0. The van der Waals surface area contributed by atoms with E-state index in [2.05, 4.69) is 33.5 Å². The first-order valence-corrected chi connectivity index (χ1v) is 5.91. The van der Waals surface area contributed by atoms with E-state index in [1.807, 2.05) is 19.2 Å². The Morgan fingerprint density at radius 3 is 2.88 bits per heavy atom. The summed E-state index contributed by atoms with van der Waals surface area (Å²) in [5, 5.41) is 9.68. The lowest BCUT2D eigenvalue weighted by Crippen LogP contribution is -2.59. The lowest BCUT2D eigenvalue weighted by atomic mass is 9.97. The van der Waals surface area contributed by atoms with Crippen molar-refractivity contribution in [3.63, 3.8) is 0 Å². The first-order valence-electron chi connectivity index (χ1n) is 5.91. The van der Waals surface area contributed by atoms with Gasteiger partial charge in [0, 0.05) is 32.0 Å². The second-order valence-electron chi connectivity index (χ2n) is 5.30. The topological polar surface area (TPSA) is 40.8 Å². The number of β-amino-alcohol motifs (C(OH)–C–C–N with tert-alkyl or cyclic N) is 1. The van der Waals surface area contributed by atoms with E-state index in [0.29, 0.717) is 0 Å². The van der Waals surface area contributed by atoms with Crippen LogP contribution in [0.25, 0.3) is 5.65 Å². The number of nitrogens with zero attached hydrogens (tertiary/aromatic N) is 3. The lowest BCUT2D eigenvalue weighted by molar-refractivity contribution is -0.0875. The Hall–Kier alpha value is -1.39. The molecular formula is C13H17N3O. The third kappa shape index (κ3) is 1.94. The molecule has 0 saturated carbocycles. The van der Waals surface area contributed by atoms with Crippen molar-refractivity contribution in [1.82, 2.24) is 14.3 Å². The molecular weight excluding hydrogens is 214 g/mol. The van der Waals surface area contributed by atoms with Gasteiger partial charge in [-0.15, -0.1) is 0 Å². The number of hydrogen-bond donors (Lipinski definition) is 1. The maximum Gasteiger partial charge on any atom is 0.139 e. The summed E-state index contributed by atoms with van der Waals surface area (Å²) in [6.07, 6.45) is 4.08. The lowest BCUT2D eigenvalue weighted by Gasteiger charge is -2.43. The van der Waals surface area contributed by atoms with Crippen LogP contribution >= 0.6 is 0 Å². The van der Waals surface area contributed by atoms with Gasteiger partial charge >= 0.3 is 0 Å². The highest BCUT2D eigenvalue weighted by Crippen LogP contribution is 2.22. The zero-order chi connectivity index (χ0) is 12.0. The minimum Gasteiger partial charge on any atom is -0.388 e. The summed E-state index contributed by atoms with van der Waals surface area (Å²) in [4.78, 5) is 6.83. The Bertz CT molecular complexity index is 551. The van der Waals surface area contributed by atoms with Gasteiger partial charge in [0.05, 0.1) is 11.3 Å². The molecule has 0 spiro atoms. The molecule has 0 aromatic carbocycles. The molecule has 3 rings (SSSR count). The van der Waals surface area contributed by atoms with Crippen LogP contribution in [-0.4, -0.2) is 38.1 Å². The van der Waals surface area contributed by atoms with Crippen molar-refractivity contribution in [3.05, 3.63) is 35.8 Å². The molecule has 0 radical (unpaired) electrons. The largest absolute Gasteiger partial charge is 0.388 e. The predicted octanol–water partition coefficient (Wildman–Crippen LogP) is 1.21. The quantitative estimate of drug-likeness (QED) is 0.844. The van der Waals surface area contributed by atoms with Crippen molar-refractivity contribution in [3.8, 4) is 0 Å². The van der Waals surface area contributed by atoms with Gasteiger partial charge in [-0.25, -0.2) is 4.98 Å². The van der Waals surface area contributed by atoms with E-state index in [9.17, 15) is 5.11 Å². The summed E-state index contributed by atoms with van der Waals surface area (Å²) >= 11 is 0. The van der Waals surface area contributed by atoms with Crippen LogP contribution in [0.3, 0.4) is 0 Å². The van der Waals surface area contributed by atoms with Crippen LogP contribution in [0.5, 0.6) is 0 Å². The third-order valence-corrected chi connectivity index (χ3v) is 3.24. The summed E-state index contributed by atoms with van der Waals surface area (Å²) in [5.41, 5.74) is 2.77. The van der Waals surface area contributed by atoms with Crippen LogP contribution in [-0.2, 0) is 6.54 Å². The fourth-order valence-electron chi connectivity index (χ4n) is 2.54. The number of likely N-dealkylation sites (tertiary alicyclic amines) is 1. The van der Waals surface area contributed by atoms with Crippen LogP contribution in [0.4, 0.5) is 0 Å². The molecule has 17 heavy (non-hydrogen) atoms. The van der Waals surface area contributed by atoms with Gasteiger partial charge < -0.3 is 9.51 Å². The van der Waals surface area contributed by atoms with Crippen molar-refractivity contribution in [1.29, 1.82) is 0 Å². The number of pyridine rings is 1. The molecule has 1 aliphatic rings. The summed E-state index contributed by atoms with van der Waals surface area (Å²) in [6.45, 7) is 6.23. The molecule has 1 aliphatic heterocycles. The average Bonchev–Trinajstić information content (AvgIpc) is 2.59. The molecule has 2 aromatic heterocycles. The van der Waals surface area contributed by atoms with Crippen molar-refractivity contribution in [2.24, 2.45) is 0 Å². The Morgan fingerprint density at radius 2 is 2.24 bits per heavy atom. The molecule has 3 heterocycles. The molecule has 0 unspecified atom stereocenters. The molecule has 0 amide bonds. The maximum atomic E-state index is 9.68. The normalized spacial score (nSPS) is 19.5. The molecule has 0 bridgehead atoms. The van der Waals surface area contributed by atoms with Gasteiger partial charge in [0.1, 0.15) is 5.65 Å². The van der Waals surface area contributed by atoms with Crippen LogP contribution in [0, 0.1) is 6.92 Å². The number of aliphatic hydroxyl groups is 1. The molecule has 1 fully saturated rings. The number of aromatic nitrogens is 2. The number of aryl methyl sites for hydroxylation is 1. The van der Waals surface area contributed by atoms with Crippen molar-refractivity contribution < 1.29 is 5.11 Å². The van der Waals surface area contributed by atoms with E-state index in [1.165, 1.54) is 5.56 Å². The maximum absolute atomic E-state index is 9.68. The number of imidazole rings is 1. The minimum absolute atomic E-state index is 0.505. The smallest absolute Gasteiger partial charge is 0.139 e. The van der Waals surface area contributed by atoms with Gasteiger partial charge in [-0.1, -0.05) is 6.07 Å². The van der Waals surface area contributed by atoms with E-state index in [0.717, 1.165) is 31.0 Å². The molecule has 1 N–H and O–H groups in total. The zero-order valence-corrected chi connectivity index (χ0v) is 10.2. The van der Waals surface area contributed by atoms with Crippen molar-refractivity contribution in [2.75, 3.05) is 13.1 Å².